The number of aromatic amines is 1. The molecule has 1 amide bonds. The fraction of sp³-hybridized carbons (Fsp3) is 0.100. The Bertz CT molecular complexity index is 1090. The maximum Gasteiger partial charge on any atom is 0.267 e. The number of nitrogens with one attached hydrogen (secondary N) is 2. The van der Waals surface area contributed by atoms with Crippen molar-refractivity contribution in [1.82, 2.24) is 19.9 Å². The molecule has 0 saturated carbocycles. The van der Waals surface area contributed by atoms with Crippen LogP contribution in [0.1, 0.15) is 10.5 Å². The van der Waals surface area contributed by atoms with E-state index >= 15 is 0 Å². The smallest absolute Gasteiger partial charge is 0.267 e. The Hall–Kier alpha value is -3.34. The van der Waals surface area contributed by atoms with Crippen LogP contribution in [0.15, 0.2) is 60.9 Å². The molecule has 5 heteroatoms. The summed E-state index contributed by atoms with van der Waals surface area (Å²) in [4.78, 5) is 20.0. The number of aromatic nitrogens is 3. The number of carbonyl (C=O) groups excluding carboxylic acids is 1. The summed E-state index contributed by atoms with van der Waals surface area (Å²) in [6, 6.07) is 16.2. The van der Waals surface area contributed by atoms with E-state index in [9.17, 15) is 4.79 Å². The van der Waals surface area contributed by atoms with Crippen LogP contribution in [0.4, 0.5) is 0 Å². The quantitative estimate of drug-likeness (QED) is 0.592. The van der Waals surface area contributed by atoms with Gasteiger partial charge in [0.2, 0.25) is 0 Å². The van der Waals surface area contributed by atoms with E-state index in [0.29, 0.717) is 12.2 Å². The normalized spacial score (nSPS) is 13.7. The lowest BCUT2D eigenvalue weighted by molar-refractivity contribution is 0.0928. The van der Waals surface area contributed by atoms with Crippen LogP contribution in [0.25, 0.3) is 33.4 Å². The molecule has 1 aliphatic heterocycles. The third-order valence-electron chi connectivity index (χ3n) is 4.69. The predicted molar refractivity (Wildman–Crippen MR) is 97.3 cm³/mol. The van der Waals surface area contributed by atoms with Crippen molar-refractivity contribution >= 4 is 16.9 Å². The summed E-state index contributed by atoms with van der Waals surface area (Å²) in [5, 5.41) is 3.94. The van der Waals surface area contributed by atoms with Crippen LogP contribution < -0.4 is 5.32 Å². The van der Waals surface area contributed by atoms with Crippen LogP contribution in [0.3, 0.4) is 0 Å². The zero-order chi connectivity index (χ0) is 16.8. The van der Waals surface area contributed by atoms with Gasteiger partial charge in [0.1, 0.15) is 11.3 Å². The predicted octanol–water partition coefficient (Wildman–Crippen LogP) is 3.44. The van der Waals surface area contributed by atoms with Crippen LogP contribution in [0, 0.1) is 0 Å². The van der Waals surface area contributed by atoms with E-state index < -0.39 is 0 Å². The van der Waals surface area contributed by atoms with Gasteiger partial charge in [-0.15, -0.1) is 0 Å². The maximum atomic E-state index is 12.0. The van der Waals surface area contributed by atoms with Crippen molar-refractivity contribution in [2.75, 3.05) is 6.54 Å². The number of H-pyrrole nitrogens is 1. The average Bonchev–Trinajstić information content (AvgIpc) is 3.26. The zero-order valence-corrected chi connectivity index (χ0v) is 13.5. The molecule has 0 spiro atoms. The Balaban J connectivity index is 1.60. The van der Waals surface area contributed by atoms with Gasteiger partial charge in [0.15, 0.2) is 0 Å². The van der Waals surface area contributed by atoms with Crippen molar-refractivity contribution in [1.29, 1.82) is 0 Å². The third kappa shape index (κ3) is 2.24. The first-order chi connectivity index (χ1) is 12.3. The van der Waals surface area contributed by atoms with Gasteiger partial charge in [-0.05, 0) is 18.2 Å². The highest BCUT2D eigenvalue weighted by Crippen LogP contribution is 2.31. The molecule has 5 rings (SSSR count). The number of fused-ring (bicyclic) bond motifs is 2. The molecule has 4 heterocycles. The molecule has 1 aliphatic rings. The molecule has 0 bridgehead atoms. The molecule has 0 atom stereocenters. The molecule has 0 fully saturated rings. The molecule has 1 aromatic carbocycles. The number of benzene rings is 1. The summed E-state index contributed by atoms with van der Waals surface area (Å²) >= 11 is 0. The molecular formula is C20H16N4O. The van der Waals surface area contributed by atoms with Gasteiger partial charge < -0.3 is 14.9 Å². The molecular weight excluding hydrogens is 312 g/mol. The van der Waals surface area contributed by atoms with E-state index in [1.807, 2.05) is 47.3 Å². The van der Waals surface area contributed by atoms with Gasteiger partial charge in [-0.3, -0.25) is 4.79 Å². The number of carbonyl (C=O) groups is 1. The number of hydrogen-bond donors (Lipinski definition) is 2. The van der Waals surface area contributed by atoms with Crippen LogP contribution in [0.5, 0.6) is 0 Å². The highest BCUT2D eigenvalue weighted by atomic mass is 16.2. The van der Waals surface area contributed by atoms with Crippen LogP contribution in [0.2, 0.25) is 0 Å². The van der Waals surface area contributed by atoms with Gasteiger partial charge in [-0.2, -0.15) is 0 Å². The van der Waals surface area contributed by atoms with Crippen molar-refractivity contribution < 1.29 is 4.79 Å². The summed E-state index contributed by atoms with van der Waals surface area (Å²) in [5.74, 6) is -0.0122. The van der Waals surface area contributed by atoms with Gasteiger partial charge in [0, 0.05) is 47.6 Å². The number of hydrogen-bond acceptors (Lipinski definition) is 2. The molecule has 0 unspecified atom stereocenters. The second-order valence-corrected chi connectivity index (χ2v) is 6.22. The fourth-order valence-electron chi connectivity index (χ4n) is 3.43. The first-order valence-corrected chi connectivity index (χ1v) is 8.32. The van der Waals surface area contributed by atoms with Crippen LogP contribution in [-0.4, -0.2) is 27.0 Å². The van der Waals surface area contributed by atoms with Gasteiger partial charge in [-0.1, -0.05) is 30.3 Å². The standard InChI is InChI=1S/C20H16N4O/c25-20-18-10-14(12-24(18)9-8-21-20)16-11-22-19-15(16)6-7-17(23-19)13-4-2-1-3-5-13/h1-7,10-12H,8-9H2,(H,21,25)(H,22,23). The topological polar surface area (TPSA) is 62.7 Å². The Kier molecular flexibility index (Phi) is 3.00. The van der Waals surface area contributed by atoms with Crippen molar-refractivity contribution in [2.45, 2.75) is 6.54 Å². The van der Waals surface area contributed by atoms with E-state index in [0.717, 1.165) is 40.0 Å². The largest absolute Gasteiger partial charge is 0.349 e. The minimum absolute atomic E-state index is 0.0122. The van der Waals surface area contributed by atoms with E-state index in [2.05, 4.69) is 28.5 Å². The molecule has 5 nitrogen and oxygen atoms in total. The minimum atomic E-state index is -0.0122. The monoisotopic (exact) mass is 328 g/mol. The highest BCUT2D eigenvalue weighted by molar-refractivity contribution is 5.98. The molecule has 3 aromatic heterocycles. The van der Waals surface area contributed by atoms with Crippen molar-refractivity contribution in [3.8, 4) is 22.4 Å². The lowest BCUT2D eigenvalue weighted by Gasteiger charge is -2.14. The summed E-state index contributed by atoms with van der Waals surface area (Å²) < 4.78 is 2.01. The zero-order valence-electron chi connectivity index (χ0n) is 13.5. The highest BCUT2D eigenvalue weighted by Gasteiger charge is 2.19. The molecule has 25 heavy (non-hydrogen) atoms. The summed E-state index contributed by atoms with van der Waals surface area (Å²) in [6.45, 7) is 1.48. The minimum Gasteiger partial charge on any atom is -0.349 e. The molecule has 0 radical (unpaired) electrons. The molecule has 2 N–H and O–H groups in total. The summed E-state index contributed by atoms with van der Waals surface area (Å²) in [7, 11) is 0. The number of pyridine rings is 1. The maximum absolute atomic E-state index is 12.0. The Morgan fingerprint density at radius 1 is 1.04 bits per heavy atom. The van der Waals surface area contributed by atoms with E-state index in [1.165, 1.54) is 0 Å². The molecule has 0 saturated heterocycles. The molecule has 4 aromatic rings. The molecule has 122 valence electrons. The summed E-state index contributed by atoms with van der Waals surface area (Å²) in [5.41, 5.74) is 5.70. The van der Waals surface area contributed by atoms with Gasteiger partial charge in [-0.25, -0.2) is 4.98 Å². The van der Waals surface area contributed by atoms with Gasteiger partial charge in [0.05, 0.1) is 5.69 Å². The Labute approximate surface area is 144 Å². The second-order valence-electron chi connectivity index (χ2n) is 6.22. The third-order valence-corrected chi connectivity index (χ3v) is 4.69. The Morgan fingerprint density at radius 2 is 1.92 bits per heavy atom. The van der Waals surface area contributed by atoms with Crippen molar-refractivity contribution in [3.05, 3.63) is 66.6 Å². The van der Waals surface area contributed by atoms with Gasteiger partial charge >= 0.3 is 0 Å². The lowest BCUT2D eigenvalue weighted by atomic mass is 10.1. The van der Waals surface area contributed by atoms with Gasteiger partial charge in [0.25, 0.3) is 5.91 Å². The van der Waals surface area contributed by atoms with Crippen LogP contribution in [-0.2, 0) is 6.54 Å². The van der Waals surface area contributed by atoms with Crippen LogP contribution >= 0.6 is 0 Å². The number of amides is 1. The van der Waals surface area contributed by atoms with E-state index in [1.54, 1.807) is 0 Å². The second kappa shape index (κ2) is 5.34. The Morgan fingerprint density at radius 3 is 2.76 bits per heavy atom. The average molecular weight is 328 g/mol. The summed E-state index contributed by atoms with van der Waals surface area (Å²) in [6.07, 6.45) is 4.01. The fourth-order valence-corrected chi connectivity index (χ4v) is 3.43. The molecule has 0 aliphatic carbocycles. The van der Waals surface area contributed by atoms with Crippen molar-refractivity contribution in [3.63, 3.8) is 0 Å². The first-order valence-electron chi connectivity index (χ1n) is 8.32. The lowest BCUT2D eigenvalue weighted by Crippen LogP contribution is -2.34. The van der Waals surface area contributed by atoms with E-state index in [4.69, 9.17) is 4.98 Å². The van der Waals surface area contributed by atoms with Crippen molar-refractivity contribution in [2.24, 2.45) is 0 Å². The number of nitrogens with zero attached hydrogens (tertiary/aromatic N) is 2. The SMILES string of the molecule is O=C1NCCn2cc(-c3c[nH]c4nc(-c5ccccc5)ccc34)cc21. The first kappa shape index (κ1) is 14.0. The number of rotatable bonds is 2. The van der Waals surface area contributed by atoms with E-state index in [-0.39, 0.29) is 5.91 Å².